The van der Waals surface area contributed by atoms with Crippen molar-refractivity contribution in [3.05, 3.63) is 23.3 Å². The predicted octanol–water partition coefficient (Wildman–Crippen LogP) is 2.93. The van der Waals surface area contributed by atoms with E-state index in [0.717, 1.165) is 19.3 Å². The molecule has 1 saturated heterocycles. The molecule has 0 N–H and O–H groups in total. The first-order valence-corrected chi connectivity index (χ1v) is 7.61. The third kappa shape index (κ3) is 2.03. The summed E-state index contributed by atoms with van der Waals surface area (Å²) in [5.41, 5.74) is 2.74. The van der Waals surface area contributed by atoms with Crippen LogP contribution in [0.2, 0.25) is 0 Å². The maximum Gasteiger partial charge on any atom is 0.334 e. The second-order valence-electron chi connectivity index (χ2n) is 6.76. The van der Waals surface area contributed by atoms with Gasteiger partial charge in [0.2, 0.25) is 0 Å². The molecule has 4 atom stereocenters. The summed E-state index contributed by atoms with van der Waals surface area (Å²) in [6, 6.07) is 0. The molecule has 0 aromatic heterocycles. The highest BCUT2D eigenvalue weighted by Gasteiger charge is 2.57. The highest BCUT2D eigenvalue weighted by atomic mass is 16.6. The minimum absolute atomic E-state index is 0.0574. The van der Waals surface area contributed by atoms with E-state index in [-0.39, 0.29) is 35.5 Å². The van der Waals surface area contributed by atoms with Crippen molar-refractivity contribution in [2.75, 3.05) is 0 Å². The van der Waals surface area contributed by atoms with Gasteiger partial charge >= 0.3 is 11.9 Å². The lowest BCUT2D eigenvalue weighted by Crippen LogP contribution is -2.50. The first-order valence-electron chi connectivity index (χ1n) is 7.61. The summed E-state index contributed by atoms with van der Waals surface area (Å²) in [5.74, 6) is -0.627. The first-order chi connectivity index (χ1) is 9.84. The van der Waals surface area contributed by atoms with E-state index in [0.29, 0.717) is 12.0 Å². The Morgan fingerprint density at radius 3 is 2.86 bits per heavy atom. The number of rotatable bonds is 1. The molecule has 1 saturated carbocycles. The molecule has 2 fully saturated rings. The lowest BCUT2D eigenvalue weighted by molar-refractivity contribution is -0.158. The van der Waals surface area contributed by atoms with Gasteiger partial charge in [-0.05, 0) is 38.2 Å². The van der Waals surface area contributed by atoms with E-state index in [1.807, 2.05) is 0 Å². The zero-order valence-corrected chi connectivity index (χ0v) is 12.9. The van der Waals surface area contributed by atoms with Gasteiger partial charge in [-0.2, -0.15) is 0 Å². The van der Waals surface area contributed by atoms with E-state index in [1.54, 1.807) is 0 Å². The summed E-state index contributed by atoms with van der Waals surface area (Å²) < 4.78 is 11.2. The Balaban J connectivity index is 2.07. The molecule has 114 valence electrons. The Morgan fingerprint density at radius 1 is 1.48 bits per heavy atom. The molecular formula is C17H22O4. The lowest BCUT2D eigenvalue weighted by atomic mass is 9.58. The van der Waals surface area contributed by atoms with Gasteiger partial charge in [-0.15, -0.1) is 0 Å². The number of hydrogen-bond donors (Lipinski definition) is 0. The van der Waals surface area contributed by atoms with Gasteiger partial charge in [0.25, 0.3) is 0 Å². The van der Waals surface area contributed by atoms with Crippen LogP contribution in [-0.4, -0.2) is 24.1 Å². The minimum Gasteiger partial charge on any atom is -0.462 e. The van der Waals surface area contributed by atoms with Crippen molar-refractivity contribution >= 4 is 11.9 Å². The third-order valence-corrected chi connectivity index (χ3v) is 5.40. The zero-order valence-electron chi connectivity index (χ0n) is 12.9. The Labute approximate surface area is 125 Å². The van der Waals surface area contributed by atoms with Crippen LogP contribution in [0.25, 0.3) is 0 Å². The fourth-order valence-corrected chi connectivity index (χ4v) is 4.38. The topological polar surface area (TPSA) is 52.6 Å². The number of allylic oxidation sites excluding steroid dienone is 1. The Bertz CT molecular complexity index is 559. The fourth-order valence-electron chi connectivity index (χ4n) is 4.38. The maximum absolute atomic E-state index is 11.9. The Kier molecular flexibility index (Phi) is 3.23. The Hall–Kier alpha value is -1.58. The smallest absolute Gasteiger partial charge is 0.334 e. The van der Waals surface area contributed by atoms with Crippen LogP contribution in [0.15, 0.2) is 23.3 Å². The molecule has 4 heteroatoms. The maximum atomic E-state index is 11.9. The highest BCUT2D eigenvalue weighted by molar-refractivity contribution is 5.91. The number of ether oxygens (including phenoxy) is 2. The van der Waals surface area contributed by atoms with Crippen LogP contribution in [0.5, 0.6) is 0 Å². The number of carbonyl (C=O) groups excluding carboxylic acids is 2. The highest BCUT2D eigenvalue weighted by Crippen LogP contribution is 2.56. The van der Waals surface area contributed by atoms with Crippen molar-refractivity contribution in [2.24, 2.45) is 11.3 Å². The fraction of sp³-hybridized carbons (Fsp3) is 0.647. The van der Waals surface area contributed by atoms with Crippen molar-refractivity contribution in [3.8, 4) is 0 Å². The molecule has 0 aromatic rings. The van der Waals surface area contributed by atoms with Gasteiger partial charge in [-0.1, -0.05) is 19.1 Å². The molecule has 0 bridgehead atoms. The number of carbonyl (C=O) groups is 2. The van der Waals surface area contributed by atoms with Gasteiger partial charge in [0, 0.05) is 23.8 Å². The molecule has 4 unspecified atom stereocenters. The normalized spacial score (nSPS) is 38.7. The molecule has 1 aliphatic heterocycles. The third-order valence-electron chi connectivity index (χ3n) is 5.40. The van der Waals surface area contributed by atoms with Crippen LogP contribution < -0.4 is 0 Å². The van der Waals surface area contributed by atoms with E-state index in [4.69, 9.17) is 9.47 Å². The van der Waals surface area contributed by atoms with Crippen LogP contribution in [-0.2, 0) is 19.1 Å². The number of fused-ring (bicyclic) bond motifs is 3. The average Bonchev–Trinajstić information content (AvgIpc) is 2.65. The second kappa shape index (κ2) is 4.72. The molecule has 1 heterocycles. The molecule has 3 rings (SSSR count). The van der Waals surface area contributed by atoms with Gasteiger partial charge in [0.1, 0.15) is 12.2 Å². The van der Waals surface area contributed by atoms with Crippen LogP contribution in [0, 0.1) is 11.3 Å². The van der Waals surface area contributed by atoms with E-state index in [9.17, 15) is 9.59 Å². The van der Waals surface area contributed by atoms with Crippen molar-refractivity contribution in [2.45, 2.75) is 58.7 Å². The summed E-state index contributed by atoms with van der Waals surface area (Å²) >= 11 is 0. The lowest BCUT2D eigenvalue weighted by Gasteiger charge is -2.49. The van der Waals surface area contributed by atoms with Gasteiger partial charge in [0.15, 0.2) is 0 Å². The summed E-state index contributed by atoms with van der Waals surface area (Å²) in [6.07, 6.45) is 3.28. The molecule has 0 aromatic carbocycles. The summed E-state index contributed by atoms with van der Waals surface area (Å²) in [7, 11) is 0. The molecule has 2 aliphatic carbocycles. The molecule has 21 heavy (non-hydrogen) atoms. The van der Waals surface area contributed by atoms with E-state index < -0.39 is 0 Å². The standard InChI is InChI=1S/C17H22O4/c1-9-6-5-7-17(4)13(20-11(3)18)8-12-10(2)16(19)21-15(12)14(9)17/h12-13,15H,2,5-8H2,1,3-4H3. The van der Waals surface area contributed by atoms with Gasteiger partial charge in [-0.3, -0.25) is 4.79 Å². The van der Waals surface area contributed by atoms with Crippen LogP contribution in [0.3, 0.4) is 0 Å². The SMILES string of the molecule is C=C1C(=O)OC2C3=C(C)CCCC3(C)C(OC(C)=O)CC12. The van der Waals surface area contributed by atoms with Crippen LogP contribution in [0.1, 0.15) is 46.5 Å². The van der Waals surface area contributed by atoms with E-state index >= 15 is 0 Å². The summed E-state index contributed by atoms with van der Waals surface area (Å²) in [5, 5.41) is 0. The summed E-state index contributed by atoms with van der Waals surface area (Å²) in [6.45, 7) is 9.57. The van der Waals surface area contributed by atoms with Gasteiger partial charge < -0.3 is 9.47 Å². The first kappa shape index (κ1) is 14.4. The molecule has 3 aliphatic rings. The van der Waals surface area contributed by atoms with Crippen LogP contribution in [0.4, 0.5) is 0 Å². The monoisotopic (exact) mass is 290 g/mol. The van der Waals surface area contributed by atoms with Crippen LogP contribution >= 0.6 is 0 Å². The average molecular weight is 290 g/mol. The largest absolute Gasteiger partial charge is 0.462 e. The van der Waals surface area contributed by atoms with E-state index in [1.165, 1.54) is 18.1 Å². The van der Waals surface area contributed by atoms with Crippen molar-refractivity contribution in [1.29, 1.82) is 0 Å². The van der Waals surface area contributed by atoms with Gasteiger partial charge in [0.05, 0.1) is 0 Å². The number of esters is 2. The number of hydrogen-bond acceptors (Lipinski definition) is 4. The molecule has 0 spiro atoms. The second-order valence-corrected chi connectivity index (χ2v) is 6.76. The predicted molar refractivity (Wildman–Crippen MR) is 77.3 cm³/mol. The Morgan fingerprint density at radius 2 is 2.19 bits per heavy atom. The van der Waals surface area contributed by atoms with E-state index in [2.05, 4.69) is 20.4 Å². The molecule has 0 amide bonds. The zero-order chi connectivity index (χ0) is 15.4. The quantitative estimate of drug-likeness (QED) is 0.423. The van der Waals surface area contributed by atoms with Crippen molar-refractivity contribution in [1.82, 2.24) is 0 Å². The van der Waals surface area contributed by atoms with Crippen molar-refractivity contribution in [3.63, 3.8) is 0 Å². The summed E-state index contributed by atoms with van der Waals surface area (Å²) in [4.78, 5) is 23.4. The van der Waals surface area contributed by atoms with Crippen molar-refractivity contribution < 1.29 is 19.1 Å². The molecule has 0 radical (unpaired) electrons. The molecule has 4 nitrogen and oxygen atoms in total. The minimum atomic E-state index is -0.304. The van der Waals surface area contributed by atoms with Gasteiger partial charge in [-0.25, -0.2) is 4.79 Å². The molecular weight excluding hydrogens is 268 g/mol.